The number of likely N-dealkylation sites (N-methyl/N-ethyl adjacent to an activating group) is 1. The molecule has 0 radical (unpaired) electrons. The molecule has 0 aliphatic carbocycles. The summed E-state index contributed by atoms with van der Waals surface area (Å²) in [6.45, 7) is 8.62. The van der Waals surface area contributed by atoms with Gasteiger partial charge in [-0.2, -0.15) is 0 Å². The summed E-state index contributed by atoms with van der Waals surface area (Å²) in [6.07, 6.45) is 18.7. The third kappa shape index (κ3) is 14.6. The van der Waals surface area contributed by atoms with Gasteiger partial charge in [0.25, 0.3) is 0 Å². The first-order chi connectivity index (χ1) is 12.7. The van der Waals surface area contributed by atoms with Gasteiger partial charge in [-0.1, -0.05) is 97.8 Å². The lowest BCUT2D eigenvalue weighted by Crippen LogP contribution is -2.45. The van der Waals surface area contributed by atoms with Gasteiger partial charge >= 0.3 is 0 Å². The highest BCUT2D eigenvalue weighted by Crippen LogP contribution is 2.10. The summed E-state index contributed by atoms with van der Waals surface area (Å²) in [5.41, 5.74) is 0. The van der Waals surface area contributed by atoms with Crippen LogP contribution in [0.5, 0.6) is 0 Å². The lowest BCUT2D eigenvalue weighted by atomic mass is 10.1. The summed E-state index contributed by atoms with van der Waals surface area (Å²) in [5.74, 6) is 0.311. The second-order valence-electron chi connectivity index (χ2n) is 7.94. The van der Waals surface area contributed by atoms with E-state index in [2.05, 4.69) is 26.1 Å². The molecule has 0 aromatic heterocycles. The van der Waals surface area contributed by atoms with Crippen LogP contribution in [0.15, 0.2) is 0 Å². The van der Waals surface area contributed by atoms with Gasteiger partial charge in [0.05, 0.1) is 6.04 Å². The van der Waals surface area contributed by atoms with Gasteiger partial charge in [-0.05, 0) is 25.8 Å². The average molecular weight is 369 g/mol. The maximum absolute atomic E-state index is 12.9. The molecule has 1 atom stereocenters. The van der Waals surface area contributed by atoms with E-state index in [-0.39, 0.29) is 6.04 Å². The maximum Gasteiger partial charge on any atom is 0.239 e. The minimum absolute atomic E-state index is 0.0265. The molecule has 0 saturated heterocycles. The highest BCUT2D eigenvalue weighted by Gasteiger charge is 2.20. The normalized spacial score (nSPS) is 12.3. The monoisotopic (exact) mass is 368 g/mol. The molecule has 1 N–H and O–H groups in total. The Bertz CT molecular complexity index is 307. The first-order valence-corrected chi connectivity index (χ1v) is 11.7. The van der Waals surface area contributed by atoms with E-state index in [9.17, 15) is 4.79 Å². The van der Waals surface area contributed by atoms with E-state index in [1.807, 2.05) is 11.9 Å². The van der Waals surface area contributed by atoms with E-state index in [0.717, 1.165) is 32.4 Å². The van der Waals surface area contributed by atoms with Crippen molar-refractivity contribution in [2.45, 2.75) is 123 Å². The number of carbonyl (C=O) groups excluding carboxylic acids is 1. The molecule has 0 aliphatic rings. The first kappa shape index (κ1) is 25.4. The molecular formula is C23H48N2O. The summed E-state index contributed by atoms with van der Waals surface area (Å²) in [7, 11) is 1.99. The fourth-order valence-electron chi connectivity index (χ4n) is 3.42. The van der Waals surface area contributed by atoms with Gasteiger partial charge in [0, 0.05) is 13.6 Å². The van der Waals surface area contributed by atoms with Crippen molar-refractivity contribution in [3.05, 3.63) is 0 Å². The van der Waals surface area contributed by atoms with E-state index >= 15 is 0 Å². The molecule has 0 bridgehead atoms. The predicted octanol–water partition coefficient (Wildman–Crippen LogP) is 6.31. The molecule has 0 aromatic carbocycles. The Hall–Kier alpha value is -0.570. The maximum atomic E-state index is 12.9. The van der Waals surface area contributed by atoms with Crippen molar-refractivity contribution in [1.29, 1.82) is 0 Å². The number of amides is 1. The Morgan fingerprint density at radius 3 is 1.85 bits per heavy atom. The molecule has 0 spiro atoms. The Balaban J connectivity index is 4.18. The van der Waals surface area contributed by atoms with Gasteiger partial charge < -0.3 is 10.2 Å². The Morgan fingerprint density at radius 2 is 1.23 bits per heavy atom. The molecule has 0 rings (SSSR count). The molecule has 3 nitrogen and oxygen atoms in total. The van der Waals surface area contributed by atoms with E-state index in [1.54, 1.807) is 0 Å². The average Bonchev–Trinajstić information content (AvgIpc) is 2.65. The van der Waals surface area contributed by atoms with Crippen molar-refractivity contribution in [3.8, 4) is 0 Å². The van der Waals surface area contributed by atoms with Crippen LogP contribution in [0.3, 0.4) is 0 Å². The number of carbonyl (C=O) groups is 1. The number of hydrogen-bond donors (Lipinski definition) is 1. The summed E-state index contributed by atoms with van der Waals surface area (Å²) < 4.78 is 0. The van der Waals surface area contributed by atoms with Crippen molar-refractivity contribution in [3.63, 3.8) is 0 Å². The van der Waals surface area contributed by atoms with Crippen molar-refractivity contribution in [1.82, 2.24) is 10.2 Å². The van der Waals surface area contributed by atoms with E-state index in [4.69, 9.17) is 0 Å². The molecular weight excluding hydrogens is 320 g/mol. The lowest BCUT2D eigenvalue weighted by molar-refractivity contribution is -0.132. The Labute approximate surface area is 164 Å². The second kappa shape index (κ2) is 19.2. The SMILES string of the molecule is CCCCCCCCN(C)C(=O)C(CCCCCC)NCCCCCC. The van der Waals surface area contributed by atoms with Crippen LogP contribution in [0.25, 0.3) is 0 Å². The zero-order chi connectivity index (χ0) is 19.5. The van der Waals surface area contributed by atoms with Crippen LogP contribution in [-0.4, -0.2) is 37.0 Å². The minimum atomic E-state index is 0.0265. The standard InChI is InChI=1S/C23H48N2O/c1-5-8-11-14-15-18-21-25(4)23(26)22(19-16-12-9-6-2)24-20-17-13-10-7-3/h22,24H,5-21H2,1-4H3. The summed E-state index contributed by atoms with van der Waals surface area (Å²) in [5, 5.41) is 3.56. The molecule has 0 aliphatic heterocycles. The van der Waals surface area contributed by atoms with Crippen LogP contribution in [0.1, 0.15) is 117 Å². The number of hydrogen-bond acceptors (Lipinski definition) is 2. The molecule has 1 amide bonds. The minimum Gasteiger partial charge on any atom is -0.344 e. The summed E-state index contributed by atoms with van der Waals surface area (Å²) >= 11 is 0. The van der Waals surface area contributed by atoms with Crippen LogP contribution >= 0.6 is 0 Å². The fraction of sp³-hybridized carbons (Fsp3) is 0.957. The van der Waals surface area contributed by atoms with Crippen LogP contribution in [-0.2, 0) is 4.79 Å². The zero-order valence-corrected chi connectivity index (χ0v) is 18.5. The molecule has 156 valence electrons. The highest BCUT2D eigenvalue weighted by molar-refractivity contribution is 5.81. The molecule has 0 saturated carbocycles. The van der Waals surface area contributed by atoms with Crippen LogP contribution in [0.2, 0.25) is 0 Å². The van der Waals surface area contributed by atoms with E-state index in [0.29, 0.717) is 5.91 Å². The van der Waals surface area contributed by atoms with Crippen LogP contribution in [0.4, 0.5) is 0 Å². The number of unbranched alkanes of at least 4 members (excludes halogenated alkanes) is 11. The van der Waals surface area contributed by atoms with Crippen molar-refractivity contribution < 1.29 is 4.79 Å². The lowest BCUT2D eigenvalue weighted by Gasteiger charge is -2.25. The van der Waals surface area contributed by atoms with Crippen molar-refractivity contribution >= 4 is 5.91 Å². The molecule has 0 fully saturated rings. The number of nitrogens with zero attached hydrogens (tertiary/aromatic N) is 1. The first-order valence-electron chi connectivity index (χ1n) is 11.7. The van der Waals surface area contributed by atoms with Gasteiger partial charge in [0.1, 0.15) is 0 Å². The van der Waals surface area contributed by atoms with Crippen LogP contribution in [0, 0.1) is 0 Å². The van der Waals surface area contributed by atoms with Gasteiger partial charge in [-0.15, -0.1) is 0 Å². The van der Waals surface area contributed by atoms with Gasteiger partial charge in [0.15, 0.2) is 0 Å². The summed E-state index contributed by atoms with van der Waals surface area (Å²) in [6, 6.07) is 0.0265. The van der Waals surface area contributed by atoms with Crippen molar-refractivity contribution in [2.24, 2.45) is 0 Å². The molecule has 0 heterocycles. The van der Waals surface area contributed by atoms with E-state index < -0.39 is 0 Å². The Kier molecular flexibility index (Phi) is 18.8. The molecule has 0 aromatic rings. The predicted molar refractivity (Wildman–Crippen MR) is 116 cm³/mol. The van der Waals surface area contributed by atoms with Gasteiger partial charge in [-0.25, -0.2) is 0 Å². The van der Waals surface area contributed by atoms with E-state index in [1.165, 1.54) is 77.0 Å². The zero-order valence-electron chi connectivity index (χ0n) is 18.5. The fourth-order valence-corrected chi connectivity index (χ4v) is 3.42. The summed E-state index contributed by atoms with van der Waals surface area (Å²) in [4.78, 5) is 14.8. The number of rotatable bonds is 19. The Morgan fingerprint density at radius 1 is 0.731 bits per heavy atom. The van der Waals surface area contributed by atoms with Gasteiger partial charge in [-0.3, -0.25) is 4.79 Å². The smallest absolute Gasteiger partial charge is 0.239 e. The molecule has 3 heteroatoms. The largest absolute Gasteiger partial charge is 0.344 e. The van der Waals surface area contributed by atoms with Crippen molar-refractivity contribution in [2.75, 3.05) is 20.1 Å². The number of nitrogens with one attached hydrogen (secondary N) is 1. The quantitative estimate of drug-likeness (QED) is 0.271. The van der Waals surface area contributed by atoms with Crippen LogP contribution < -0.4 is 5.32 Å². The topological polar surface area (TPSA) is 32.3 Å². The second-order valence-corrected chi connectivity index (χ2v) is 7.94. The van der Waals surface area contributed by atoms with Gasteiger partial charge in [0.2, 0.25) is 5.91 Å². The molecule has 26 heavy (non-hydrogen) atoms. The third-order valence-corrected chi connectivity index (χ3v) is 5.29. The third-order valence-electron chi connectivity index (χ3n) is 5.29. The highest BCUT2D eigenvalue weighted by atomic mass is 16.2. The molecule has 1 unspecified atom stereocenters.